The van der Waals surface area contributed by atoms with Crippen LogP contribution >= 0.6 is 12.4 Å². The van der Waals surface area contributed by atoms with E-state index in [9.17, 15) is 4.79 Å². The minimum atomic E-state index is -0.0780. The molecule has 0 heterocycles. The van der Waals surface area contributed by atoms with Crippen LogP contribution in [0.15, 0.2) is 18.2 Å². The van der Waals surface area contributed by atoms with Crippen LogP contribution in [0.25, 0.3) is 0 Å². The lowest BCUT2D eigenvalue weighted by atomic mass is 10.1. The Balaban J connectivity index is 0.00000400. The predicted octanol–water partition coefficient (Wildman–Crippen LogP) is 2.30. The van der Waals surface area contributed by atoms with Crippen LogP contribution in [0.5, 0.6) is 11.5 Å². The van der Waals surface area contributed by atoms with Crippen molar-refractivity contribution >= 4 is 18.3 Å². The van der Waals surface area contributed by atoms with Crippen molar-refractivity contribution in [2.45, 2.75) is 26.8 Å². The number of rotatable bonds is 8. The quantitative estimate of drug-likeness (QED) is 0.772. The van der Waals surface area contributed by atoms with Gasteiger partial charge in [-0.15, -0.1) is 12.4 Å². The Kier molecular flexibility index (Phi) is 9.58. The van der Waals surface area contributed by atoms with E-state index in [2.05, 4.69) is 10.6 Å². The molecule has 0 spiro atoms. The molecule has 6 heteroatoms. The average molecular weight is 317 g/mol. The molecule has 0 saturated heterocycles. The first-order chi connectivity index (χ1) is 9.62. The Morgan fingerprint density at radius 2 is 1.81 bits per heavy atom. The summed E-state index contributed by atoms with van der Waals surface area (Å²) in [6.07, 6.45) is 0. The van der Waals surface area contributed by atoms with E-state index >= 15 is 0 Å². The van der Waals surface area contributed by atoms with Crippen molar-refractivity contribution in [1.29, 1.82) is 0 Å². The van der Waals surface area contributed by atoms with Crippen molar-refractivity contribution in [3.63, 3.8) is 0 Å². The molecule has 1 rings (SSSR count). The molecule has 0 bridgehead atoms. The van der Waals surface area contributed by atoms with E-state index in [1.807, 2.05) is 39.0 Å². The molecule has 5 nitrogen and oxygen atoms in total. The summed E-state index contributed by atoms with van der Waals surface area (Å²) in [5.41, 5.74) is 0.987. The van der Waals surface area contributed by atoms with Gasteiger partial charge in [-0.25, -0.2) is 0 Å². The van der Waals surface area contributed by atoms with Crippen LogP contribution < -0.4 is 20.1 Å². The van der Waals surface area contributed by atoms with Gasteiger partial charge in [0.25, 0.3) is 0 Å². The molecule has 0 aliphatic heterocycles. The highest BCUT2D eigenvalue weighted by Gasteiger charge is 2.12. The molecule has 1 atom stereocenters. The Bertz CT molecular complexity index is 441. The highest BCUT2D eigenvalue weighted by atomic mass is 35.5. The molecule has 21 heavy (non-hydrogen) atoms. The number of benzene rings is 1. The van der Waals surface area contributed by atoms with Crippen LogP contribution in [0.4, 0.5) is 0 Å². The molecule has 0 saturated carbocycles. The summed E-state index contributed by atoms with van der Waals surface area (Å²) in [5, 5.41) is 5.75. The lowest BCUT2D eigenvalue weighted by molar-refractivity contribution is -0.120. The maximum Gasteiger partial charge on any atom is 0.234 e. The largest absolute Gasteiger partial charge is 0.490 e. The second-order valence-electron chi connectivity index (χ2n) is 4.39. The number of amides is 1. The van der Waals surface area contributed by atoms with Gasteiger partial charge in [0.1, 0.15) is 0 Å². The zero-order chi connectivity index (χ0) is 15.0. The van der Waals surface area contributed by atoms with E-state index in [1.165, 1.54) is 0 Å². The minimum Gasteiger partial charge on any atom is -0.490 e. The first-order valence-corrected chi connectivity index (χ1v) is 6.95. The van der Waals surface area contributed by atoms with Crippen LogP contribution in [0, 0.1) is 0 Å². The Morgan fingerprint density at radius 1 is 1.19 bits per heavy atom. The lowest BCUT2D eigenvalue weighted by Gasteiger charge is -2.17. The van der Waals surface area contributed by atoms with Gasteiger partial charge in [-0.1, -0.05) is 6.07 Å². The number of carbonyl (C=O) groups is 1. The summed E-state index contributed by atoms with van der Waals surface area (Å²) >= 11 is 0. The zero-order valence-corrected chi connectivity index (χ0v) is 13.9. The second-order valence-corrected chi connectivity index (χ2v) is 4.39. The number of nitrogens with one attached hydrogen (secondary N) is 2. The molecule has 0 radical (unpaired) electrons. The summed E-state index contributed by atoms with van der Waals surface area (Å²) in [7, 11) is 1.74. The number of ether oxygens (including phenoxy) is 2. The fourth-order valence-electron chi connectivity index (χ4n) is 1.87. The Hall–Kier alpha value is -1.46. The number of carbonyl (C=O) groups excluding carboxylic acids is 1. The third-order valence-electron chi connectivity index (χ3n) is 2.78. The molecule has 0 aliphatic rings. The van der Waals surface area contributed by atoms with Gasteiger partial charge in [-0.2, -0.15) is 0 Å². The van der Waals surface area contributed by atoms with E-state index < -0.39 is 0 Å². The van der Waals surface area contributed by atoms with Gasteiger partial charge >= 0.3 is 0 Å². The molecule has 0 aliphatic carbocycles. The van der Waals surface area contributed by atoms with E-state index in [-0.39, 0.29) is 24.4 Å². The average Bonchev–Trinajstić information content (AvgIpc) is 2.41. The monoisotopic (exact) mass is 316 g/mol. The second kappa shape index (κ2) is 10.3. The fraction of sp³-hybridized carbons (Fsp3) is 0.533. The maximum atomic E-state index is 11.6. The van der Waals surface area contributed by atoms with Crippen molar-refractivity contribution in [3.8, 4) is 11.5 Å². The third kappa shape index (κ3) is 6.23. The van der Waals surface area contributed by atoms with Crippen molar-refractivity contribution in [2.75, 3.05) is 26.8 Å². The molecule has 1 aromatic carbocycles. The summed E-state index contributed by atoms with van der Waals surface area (Å²) in [6, 6.07) is 5.66. The highest BCUT2D eigenvalue weighted by molar-refractivity contribution is 5.85. The molecular weight excluding hydrogens is 292 g/mol. The summed E-state index contributed by atoms with van der Waals surface area (Å²) in [6.45, 7) is 7.28. The maximum absolute atomic E-state index is 11.6. The predicted molar refractivity (Wildman–Crippen MR) is 86.5 cm³/mol. The van der Waals surface area contributed by atoms with Gasteiger partial charge in [0.15, 0.2) is 11.5 Å². The molecule has 2 N–H and O–H groups in total. The molecule has 0 aromatic heterocycles. The number of hydrogen-bond acceptors (Lipinski definition) is 4. The van der Waals surface area contributed by atoms with Gasteiger partial charge in [0.05, 0.1) is 25.8 Å². The van der Waals surface area contributed by atoms with Crippen LogP contribution in [-0.4, -0.2) is 32.7 Å². The Morgan fingerprint density at radius 3 is 2.38 bits per heavy atom. The Labute approximate surface area is 132 Å². The van der Waals surface area contributed by atoms with Crippen molar-refractivity contribution in [3.05, 3.63) is 23.8 Å². The van der Waals surface area contributed by atoms with Gasteiger partial charge in [-0.05, 0) is 45.5 Å². The molecule has 0 fully saturated rings. The number of halogens is 1. The van der Waals surface area contributed by atoms with E-state index in [1.54, 1.807) is 7.05 Å². The van der Waals surface area contributed by atoms with E-state index in [0.29, 0.717) is 25.5 Å². The van der Waals surface area contributed by atoms with Crippen LogP contribution in [0.2, 0.25) is 0 Å². The highest BCUT2D eigenvalue weighted by Crippen LogP contribution is 2.30. The van der Waals surface area contributed by atoms with Gasteiger partial charge in [0.2, 0.25) is 5.91 Å². The normalized spacial score (nSPS) is 11.2. The molecule has 1 aromatic rings. The van der Waals surface area contributed by atoms with E-state index in [4.69, 9.17) is 9.47 Å². The topological polar surface area (TPSA) is 59.6 Å². The lowest BCUT2D eigenvalue weighted by Crippen LogP contribution is -2.33. The number of hydrogen-bond donors (Lipinski definition) is 2. The fourth-order valence-corrected chi connectivity index (χ4v) is 1.87. The standard InChI is InChI=1S/C15H24N2O3.ClH/c1-5-19-13-8-7-12(9-14(13)20-6-2)11(3)17-15(18)10-16-4;/h7-9,11,16H,5-6,10H2,1-4H3,(H,17,18);1H. The van der Waals surface area contributed by atoms with Crippen molar-refractivity contribution in [2.24, 2.45) is 0 Å². The van der Waals surface area contributed by atoms with E-state index in [0.717, 1.165) is 11.3 Å². The van der Waals surface area contributed by atoms with Gasteiger partial charge in [0, 0.05) is 0 Å². The first-order valence-electron chi connectivity index (χ1n) is 6.95. The minimum absolute atomic E-state index is 0. The van der Waals surface area contributed by atoms with Crippen LogP contribution in [0.1, 0.15) is 32.4 Å². The molecule has 1 amide bonds. The summed E-state index contributed by atoms with van der Waals surface area (Å²) in [5.74, 6) is 1.40. The van der Waals surface area contributed by atoms with Crippen molar-refractivity contribution < 1.29 is 14.3 Å². The zero-order valence-electron chi connectivity index (χ0n) is 13.1. The van der Waals surface area contributed by atoms with Gasteiger partial charge in [-0.3, -0.25) is 4.79 Å². The number of likely N-dealkylation sites (N-methyl/N-ethyl adjacent to an activating group) is 1. The van der Waals surface area contributed by atoms with Crippen LogP contribution in [0.3, 0.4) is 0 Å². The third-order valence-corrected chi connectivity index (χ3v) is 2.78. The van der Waals surface area contributed by atoms with Crippen LogP contribution in [-0.2, 0) is 4.79 Å². The van der Waals surface area contributed by atoms with Crippen molar-refractivity contribution in [1.82, 2.24) is 10.6 Å². The summed E-state index contributed by atoms with van der Waals surface area (Å²) in [4.78, 5) is 11.6. The molecule has 1 unspecified atom stereocenters. The smallest absolute Gasteiger partial charge is 0.234 e. The SMILES string of the molecule is CCOc1ccc(C(C)NC(=O)CNC)cc1OCC.Cl. The van der Waals surface area contributed by atoms with Gasteiger partial charge < -0.3 is 20.1 Å². The molecule has 120 valence electrons. The summed E-state index contributed by atoms with van der Waals surface area (Å²) < 4.78 is 11.1. The molecular formula is C15H25ClN2O3. The first kappa shape index (κ1) is 19.5.